The van der Waals surface area contributed by atoms with Gasteiger partial charge < -0.3 is 15.6 Å². The molecule has 0 aliphatic carbocycles. The first-order valence-electron chi connectivity index (χ1n) is 4.78. The largest absolute Gasteiger partial charge is 0.493 e. The Hall–Kier alpha value is -1.06. The summed E-state index contributed by atoms with van der Waals surface area (Å²) in [6.45, 7) is 2.48. The predicted octanol–water partition coefficient (Wildman–Crippen LogP) is 0.861. The van der Waals surface area contributed by atoms with E-state index in [0.717, 1.165) is 11.3 Å². The lowest BCUT2D eigenvalue weighted by Crippen LogP contribution is -2.48. The number of aliphatic hydroxyl groups is 1. The Bertz CT molecular complexity index is 336. The van der Waals surface area contributed by atoms with Gasteiger partial charge in [0.1, 0.15) is 5.75 Å². The van der Waals surface area contributed by atoms with E-state index in [1.165, 1.54) is 0 Å². The fourth-order valence-electron chi connectivity index (χ4n) is 1.86. The highest BCUT2D eigenvalue weighted by Crippen LogP contribution is 2.37. The number of ether oxygens (including phenoxy) is 1. The van der Waals surface area contributed by atoms with Crippen LogP contribution in [0.1, 0.15) is 12.5 Å². The molecule has 0 unspecified atom stereocenters. The fraction of sp³-hybridized carbons (Fsp3) is 0.455. The van der Waals surface area contributed by atoms with Gasteiger partial charge in [0.2, 0.25) is 0 Å². The van der Waals surface area contributed by atoms with Crippen molar-refractivity contribution in [2.24, 2.45) is 11.7 Å². The van der Waals surface area contributed by atoms with E-state index in [-0.39, 0.29) is 12.5 Å². The van der Waals surface area contributed by atoms with Crippen LogP contribution < -0.4 is 10.5 Å². The quantitative estimate of drug-likeness (QED) is 0.695. The van der Waals surface area contributed by atoms with Crippen LogP contribution in [0.25, 0.3) is 0 Å². The lowest BCUT2D eigenvalue weighted by molar-refractivity contribution is 0.0834. The minimum absolute atomic E-state index is 0.0302. The molecule has 3 heteroatoms. The standard InChI is InChI=1S/C11H15NO2/c1-11(12)8(6-13)7-14-10-5-3-2-4-9(10)11/h2-5,8,13H,6-7,12H2,1H3/t8-,11-/m1/s1. The van der Waals surface area contributed by atoms with E-state index in [4.69, 9.17) is 10.5 Å². The summed E-state index contributed by atoms with van der Waals surface area (Å²) in [6.07, 6.45) is 0. The van der Waals surface area contributed by atoms with Gasteiger partial charge in [-0.05, 0) is 13.0 Å². The molecule has 0 radical (unpaired) electrons. The SMILES string of the molecule is C[C@]1(N)c2ccccc2OC[C@H]1CO. The van der Waals surface area contributed by atoms with Crippen LogP contribution in [-0.4, -0.2) is 18.3 Å². The Morgan fingerprint density at radius 3 is 3.00 bits per heavy atom. The number of para-hydroxylation sites is 1. The Labute approximate surface area is 83.5 Å². The van der Waals surface area contributed by atoms with E-state index < -0.39 is 5.54 Å². The first kappa shape index (κ1) is 9.49. The molecule has 3 nitrogen and oxygen atoms in total. The monoisotopic (exact) mass is 193 g/mol. The van der Waals surface area contributed by atoms with Crippen LogP contribution in [0.5, 0.6) is 5.75 Å². The fourth-order valence-corrected chi connectivity index (χ4v) is 1.86. The molecule has 3 N–H and O–H groups in total. The molecule has 0 saturated carbocycles. The second kappa shape index (κ2) is 3.26. The molecule has 1 aromatic rings. The van der Waals surface area contributed by atoms with Crippen molar-refractivity contribution in [3.63, 3.8) is 0 Å². The van der Waals surface area contributed by atoms with Crippen molar-refractivity contribution in [3.8, 4) is 5.75 Å². The van der Waals surface area contributed by atoms with Gasteiger partial charge in [0.25, 0.3) is 0 Å². The van der Waals surface area contributed by atoms with Gasteiger partial charge in [0.15, 0.2) is 0 Å². The van der Waals surface area contributed by atoms with Gasteiger partial charge in [-0.3, -0.25) is 0 Å². The maximum absolute atomic E-state index is 9.19. The number of nitrogens with two attached hydrogens (primary N) is 1. The average molecular weight is 193 g/mol. The smallest absolute Gasteiger partial charge is 0.124 e. The summed E-state index contributed by atoms with van der Waals surface area (Å²) in [6, 6.07) is 7.73. The molecule has 1 aliphatic rings. The van der Waals surface area contributed by atoms with Crippen molar-refractivity contribution in [3.05, 3.63) is 29.8 Å². The Morgan fingerprint density at radius 1 is 1.57 bits per heavy atom. The molecular weight excluding hydrogens is 178 g/mol. The molecule has 2 rings (SSSR count). The normalized spacial score (nSPS) is 30.6. The molecule has 2 atom stereocenters. The molecule has 0 fully saturated rings. The molecule has 1 aliphatic heterocycles. The third-order valence-corrected chi connectivity index (χ3v) is 2.98. The summed E-state index contributed by atoms with van der Waals surface area (Å²) in [5.74, 6) is 0.805. The molecule has 1 heterocycles. The Balaban J connectivity index is 2.46. The Morgan fingerprint density at radius 2 is 2.29 bits per heavy atom. The van der Waals surface area contributed by atoms with Crippen molar-refractivity contribution >= 4 is 0 Å². The average Bonchev–Trinajstić information content (AvgIpc) is 2.18. The minimum Gasteiger partial charge on any atom is -0.493 e. The highest BCUT2D eigenvalue weighted by molar-refractivity contribution is 5.40. The number of rotatable bonds is 1. The van der Waals surface area contributed by atoms with Crippen molar-refractivity contribution in [2.75, 3.05) is 13.2 Å². The summed E-state index contributed by atoms with van der Waals surface area (Å²) in [5, 5.41) is 9.19. The highest BCUT2D eigenvalue weighted by atomic mass is 16.5. The first-order chi connectivity index (χ1) is 6.66. The molecule has 1 aromatic carbocycles. The van der Waals surface area contributed by atoms with E-state index in [1.54, 1.807) is 0 Å². The lowest BCUT2D eigenvalue weighted by atomic mass is 9.79. The Kier molecular flexibility index (Phi) is 2.21. The van der Waals surface area contributed by atoms with Crippen molar-refractivity contribution in [1.29, 1.82) is 0 Å². The second-order valence-corrected chi connectivity index (χ2v) is 3.97. The zero-order valence-electron chi connectivity index (χ0n) is 8.23. The van der Waals surface area contributed by atoms with E-state index in [2.05, 4.69) is 0 Å². The third-order valence-electron chi connectivity index (χ3n) is 2.98. The highest BCUT2D eigenvalue weighted by Gasteiger charge is 2.37. The van der Waals surface area contributed by atoms with Gasteiger partial charge in [-0.1, -0.05) is 18.2 Å². The van der Waals surface area contributed by atoms with E-state index in [0.29, 0.717) is 6.61 Å². The summed E-state index contributed by atoms with van der Waals surface area (Å²) in [4.78, 5) is 0. The van der Waals surface area contributed by atoms with Crippen molar-refractivity contribution in [2.45, 2.75) is 12.5 Å². The van der Waals surface area contributed by atoms with Crippen molar-refractivity contribution in [1.82, 2.24) is 0 Å². The lowest BCUT2D eigenvalue weighted by Gasteiger charge is -2.38. The predicted molar refractivity (Wildman–Crippen MR) is 54.1 cm³/mol. The van der Waals surface area contributed by atoms with Gasteiger partial charge in [0, 0.05) is 11.5 Å². The maximum atomic E-state index is 9.19. The van der Waals surface area contributed by atoms with Gasteiger partial charge in [-0.25, -0.2) is 0 Å². The second-order valence-electron chi connectivity index (χ2n) is 3.97. The van der Waals surface area contributed by atoms with Crippen LogP contribution in [0, 0.1) is 5.92 Å². The van der Waals surface area contributed by atoms with E-state index in [1.807, 2.05) is 31.2 Å². The van der Waals surface area contributed by atoms with Gasteiger partial charge >= 0.3 is 0 Å². The number of hydrogen-bond acceptors (Lipinski definition) is 3. The molecule has 0 amide bonds. The summed E-state index contributed by atoms with van der Waals surface area (Å²) in [7, 11) is 0. The molecule has 0 spiro atoms. The first-order valence-corrected chi connectivity index (χ1v) is 4.78. The topological polar surface area (TPSA) is 55.5 Å². The molecule has 0 aromatic heterocycles. The van der Waals surface area contributed by atoms with Crippen LogP contribution in [-0.2, 0) is 5.54 Å². The van der Waals surface area contributed by atoms with Crippen LogP contribution in [0.2, 0.25) is 0 Å². The third kappa shape index (κ3) is 1.29. The number of fused-ring (bicyclic) bond motifs is 1. The molecular formula is C11H15NO2. The van der Waals surface area contributed by atoms with E-state index in [9.17, 15) is 5.11 Å². The molecule has 76 valence electrons. The van der Waals surface area contributed by atoms with Crippen LogP contribution in [0.4, 0.5) is 0 Å². The zero-order chi connectivity index (χ0) is 10.2. The summed E-state index contributed by atoms with van der Waals surface area (Å²) >= 11 is 0. The van der Waals surface area contributed by atoms with Crippen LogP contribution >= 0.6 is 0 Å². The van der Waals surface area contributed by atoms with Gasteiger partial charge in [-0.15, -0.1) is 0 Å². The van der Waals surface area contributed by atoms with E-state index >= 15 is 0 Å². The number of hydrogen-bond donors (Lipinski definition) is 2. The van der Waals surface area contributed by atoms with Gasteiger partial charge in [0.05, 0.1) is 18.8 Å². The number of aliphatic hydroxyl groups excluding tert-OH is 1. The van der Waals surface area contributed by atoms with Crippen LogP contribution in [0.3, 0.4) is 0 Å². The van der Waals surface area contributed by atoms with Gasteiger partial charge in [-0.2, -0.15) is 0 Å². The van der Waals surface area contributed by atoms with Crippen LogP contribution in [0.15, 0.2) is 24.3 Å². The maximum Gasteiger partial charge on any atom is 0.124 e. The van der Waals surface area contributed by atoms with Crippen molar-refractivity contribution < 1.29 is 9.84 Å². The minimum atomic E-state index is -0.496. The molecule has 14 heavy (non-hydrogen) atoms. The summed E-state index contributed by atoms with van der Waals surface area (Å²) < 4.78 is 5.52. The molecule has 0 bridgehead atoms. The zero-order valence-corrected chi connectivity index (χ0v) is 8.23. The molecule has 0 saturated heterocycles. The number of benzene rings is 1. The summed E-state index contributed by atoms with van der Waals surface area (Å²) in [5.41, 5.74) is 6.68.